The van der Waals surface area contributed by atoms with Gasteiger partial charge in [-0.3, -0.25) is 9.59 Å². The Labute approximate surface area is 211 Å². The lowest BCUT2D eigenvalue weighted by Crippen LogP contribution is -2.49. The minimum absolute atomic E-state index is 0. The number of ether oxygens (including phenoxy) is 1. The highest BCUT2D eigenvalue weighted by Gasteiger charge is 2.27. The van der Waals surface area contributed by atoms with E-state index in [4.69, 9.17) is 4.74 Å². The number of rotatable bonds is 7. The van der Waals surface area contributed by atoms with Gasteiger partial charge in [-0.05, 0) is 57.4 Å². The van der Waals surface area contributed by atoms with E-state index in [-0.39, 0.29) is 23.2 Å². The summed E-state index contributed by atoms with van der Waals surface area (Å²) in [7, 11) is 5.60. The summed E-state index contributed by atoms with van der Waals surface area (Å²) in [5, 5.41) is 10.9. The first kappa shape index (κ1) is 26.7. The molecule has 0 unspecified atom stereocenters. The number of methoxy groups -OCH3 is 1. The molecule has 1 aliphatic rings. The van der Waals surface area contributed by atoms with Crippen molar-refractivity contribution in [1.82, 2.24) is 20.5 Å². The lowest BCUT2D eigenvalue weighted by atomic mass is 10.1. The van der Waals surface area contributed by atoms with Gasteiger partial charge in [-0.15, -0.1) is 0 Å². The third-order valence-corrected chi connectivity index (χ3v) is 6.46. The highest BCUT2D eigenvalue weighted by molar-refractivity contribution is 5.96. The van der Waals surface area contributed by atoms with Crippen LogP contribution in [0.5, 0.6) is 5.75 Å². The van der Waals surface area contributed by atoms with E-state index in [1.54, 1.807) is 35.9 Å². The number of nitriles is 1. The number of pyridine rings is 1. The molecular weight excluding hydrogens is 456 g/mol. The van der Waals surface area contributed by atoms with Crippen LogP contribution >= 0.6 is 0 Å². The van der Waals surface area contributed by atoms with Gasteiger partial charge in [0.2, 0.25) is 0 Å². The quantitative estimate of drug-likeness (QED) is 0.541. The van der Waals surface area contributed by atoms with Crippen molar-refractivity contribution in [2.24, 2.45) is 0 Å². The molecule has 9 nitrogen and oxygen atoms in total. The summed E-state index contributed by atoms with van der Waals surface area (Å²) in [5.74, 6) is 0.674. The van der Waals surface area contributed by atoms with Crippen LogP contribution in [-0.2, 0) is 6.54 Å². The fraction of sp³-hybridized carbons (Fsp3) is 0.370. The molecule has 0 saturated carbocycles. The summed E-state index contributed by atoms with van der Waals surface area (Å²) >= 11 is 0. The molecule has 0 atom stereocenters. The smallest absolute Gasteiger partial charge is 0.271 e. The van der Waals surface area contributed by atoms with Gasteiger partial charge in [0.1, 0.15) is 17.4 Å². The SMILES string of the molecule is COc1ccc(C(=O)N2CCN(c3c(C#N)c(=O)n(CCCN(C)C)c4ccccc34)CC2)cc1.N. The van der Waals surface area contributed by atoms with Gasteiger partial charge in [-0.2, -0.15) is 5.26 Å². The molecule has 190 valence electrons. The van der Waals surface area contributed by atoms with Gasteiger partial charge in [0, 0.05) is 43.7 Å². The average molecular weight is 491 g/mol. The molecule has 3 N–H and O–H groups in total. The molecule has 1 aliphatic heterocycles. The standard InChI is InChI=1S/C27H31N5O3.H3N/c1-29(2)13-6-14-32-24-8-5-4-7-22(24)25(23(19-28)27(32)34)30-15-17-31(18-16-30)26(33)20-9-11-21(35-3)12-10-20;/h4-5,7-12H,6,13-18H2,1-3H3;1H3. The molecule has 3 aromatic rings. The van der Waals surface area contributed by atoms with E-state index in [2.05, 4.69) is 15.9 Å². The number of piperazine rings is 1. The fourth-order valence-electron chi connectivity index (χ4n) is 4.64. The second-order valence-corrected chi connectivity index (χ2v) is 8.97. The Morgan fingerprint density at radius 2 is 1.72 bits per heavy atom. The van der Waals surface area contributed by atoms with E-state index in [1.165, 1.54) is 0 Å². The summed E-state index contributed by atoms with van der Waals surface area (Å²) in [4.78, 5) is 32.3. The highest BCUT2D eigenvalue weighted by Crippen LogP contribution is 2.30. The molecule has 2 aromatic carbocycles. The van der Waals surface area contributed by atoms with Crippen molar-refractivity contribution in [3.05, 3.63) is 70.0 Å². The van der Waals surface area contributed by atoms with E-state index in [1.807, 2.05) is 43.3 Å². The van der Waals surface area contributed by atoms with E-state index >= 15 is 0 Å². The first-order valence-corrected chi connectivity index (χ1v) is 11.8. The number of carbonyl (C=O) groups excluding carboxylic acids is 1. The second-order valence-electron chi connectivity index (χ2n) is 8.97. The predicted molar refractivity (Wildman–Crippen MR) is 142 cm³/mol. The van der Waals surface area contributed by atoms with Gasteiger partial charge in [0.25, 0.3) is 11.5 Å². The number of hydrogen-bond acceptors (Lipinski definition) is 7. The van der Waals surface area contributed by atoms with Crippen LogP contribution in [0.25, 0.3) is 10.9 Å². The number of fused-ring (bicyclic) bond motifs is 1. The van der Waals surface area contributed by atoms with Gasteiger partial charge in [0.05, 0.1) is 18.3 Å². The van der Waals surface area contributed by atoms with Crippen LogP contribution in [0.3, 0.4) is 0 Å². The Kier molecular flexibility index (Phi) is 8.69. The number of nitrogens with zero attached hydrogens (tertiary/aromatic N) is 5. The minimum atomic E-state index is -0.253. The van der Waals surface area contributed by atoms with Crippen LogP contribution in [0.4, 0.5) is 5.69 Å². The van der Waals surface area contributed by atoms with Gasteiger partial charge < -0.3 is 30.2 Å². The maximum atomic E-state index is 13.4. The zero-order chi connectivity index (χ0) is 24.9. The lowest BCUT2D eigenvalue weighted by Gasteiger charge is -2.37. The third kappa shape index (κ3) is 5.35. The average Bonchev–Trinajstić information content (AvgIpc) is 2.89. The Balaban J connectivity index is 0.00000361. The summed E-state index contributed by atoms with van der Waals surface area (Å²) in [6.07, 6.45) is 0.813. The summed E-state index contributed by atoms with van der Waals surface area (Å²) in [5.41, 5.74) is 2.04. The van der Waals surface area contributed by atoms with Crippen molar-refractivity contribution in [2.75, 3.05) is 58.8 Å². The Morgan fingerprint density at radius 1 is 1.06 bits per heavy atom. The summed E-state index contributed by atoms with van der Waals surface area (Å²) in [6, 6.07) is 17.1. The number of carbonyl (C=O) groups is 1. The van der Waals surface area contributed by atoms with Gasteiger partial charge in [-0.25, -0.2) is 0 Å². The molecule has 0 radical (unpaired) electrons. The summed E-state index contributed by atoms with van der Waals surface area (Å²) in [6.45, 7) is 3.52. The molecule has 1 amide bonds. The van der Waals surface area contributed by atoms with Crippen molar-refractivity contribution >= 4 is 22.5 Å². The molecule has 9 heteroatoms. The molecule has 36 heavy (non-hydrogen) atoms. The molecule has 0 spiro atoms. The van der Waals surface area contributed by atoms with E-state index in [9.17, 15) is 14.9 Å². The molecular formula is C27H34N6O3. The Hall–Kier alpha value is -3.87. The normalized spacial score (nSPS) is 13.4. The van der Waals surface area contributed by atoms with Gasteiger partial charge >= 0.3 is 0 Å². The van der Waals surface area contributed by atoms with E-state index in [0.717, 1.165) is 23.9 Å². The largest absolute Gasteiger partial charge is 0.497 e. The maximum Gasteiger partial charge on any atom is 0.271 e. The van der Waals surface area contributed by atoms with Gasteiger partial charge in [-0.1, -0.05) is 18.2 Å². The molecule has 1 fully saturated rings. The van der Waals surface area contributed by atoms with Crippen LogP contribution in [0.15, 0.2) is 53.3 Å². The summed E-state index contributed by atoms with van der Waals surface area (Å²) < 4.78 is 6.90. The number of benzene rings is 2. The first-order valence-electron chi connectivity index (χ1n) is 11.8. The van der Waals surface area contributed by atoms with Crippen molar-refractivity contribution in [3.8, 4) is 11.8 Å². The topological polar surface area (TPSA) is 117 Å². The zero-order valence-electron chi connectivity index (χ0n) is 21.2. The van der Waals surface area contributed by atoms with Crippen molar-refractivity contribution in [3.63, 3.8) is 0 Å². The zero-order valence-corrected chi connectivity index (χ0v) is 21.2. The van der Waals surface area contributed by atoms with E-state index < -0.39 is 0 Å². The molecule has 0 bridgehead atoms. The number of hydrogen-bond donors (Lipinski definition) is 1. The first-order chi connectivity index (χ1) is 16.9. The minimum Gasteiger partial charge on any atom is -0.497 e. The van der Waals surface area contributed by atoms with Crippen molar-refractivity contribution in [1.29, 1.82) is 5.26 Å². The second kappa shape index (κ2) is 11.7. The number of aromatic nitrogens is 1. The molecule has 0 aliphatic carbocycles. The number of aryl methyl sites for hydroxylation is 1. The number of amides is 1. The maximum absolute atomic E-state index is 13.4. The number of para-hydroxylation sites is 1. The third-order valence-electron chi connectivity index (χ3n) is 6.46. The fourth-order valence-corrected chi connectivity index (χ4v) is 4.64. The van der Waals surface area contributed by atoms with Crippen molar-refractivity contribution < 1.29 is 9.53 Å². The number of anilines is 1. The molecule has 4 rings (SSSR count). The predicted octanol–water partition coefficient (Wildman–Crippen LogP) is 2.96. The van der Waals surface area contributed by atoms with Crippen LogP contribution in [0.1, 0.15) is 22.3 Å². The molecule has 1 saturated heterocycles. The Bertz CT molecular complexity index is 1300. The highest BCUT2D eigenvalue weighted by atomic mass is 16.5. The van der Waals surface area contributed by atoms with Crippen LogP contribution in [-0.4, -0.2) is 74.2 Å². The Morgan fingerprint density at radius 3 is 2.33 bits per heavy atom. The molecule has 2 heterocycles. The van der Waals surface area contributed by atoms with Gasteiger partial charge in [0.15, 0.2) is 0 Å². The van der Waals surface area contributed by atoms with Crippen molar-refractivity contribution in [2.45, 2.75) is 13.0 Å². The lowest BCUT2D eigenvalue weighted by molar-refractivity contribution is 0.0747. The molecule has 1 aromatic heterocycles. The van der Waals surface area contributed by atoms with Crippen LogP contribution in [0, 0.1) is 11.3 Å². The monoisotopic (exact) mass is 490 g/mol. The van der Waals surface area contributed by atoms with Crippen LogP contribution < -0.4 is 21.3 Å². The van der Waals surface area contributed by atoms with Crippen LogP contribution in [0.2, 0.25) is 0 Å². The van der Waals surface area contributed by atoms with E-state index in [0.29, 0.717) is 49.7 Å².